The topological polar surface area (TPSA) is 35.5 Å². The van der Waals surface area contributed by atoms with Gasteiger partial charge in [0, 0.05) is 19.7 Å². The molecule has 0 aliphatic rings. The quantitative estimate of drug-likeness (QED) is 0.577. The fraction of sp³-hybridized carbons (Fsp3) is 1.00. The molecule has 0 amide bonds. The van der Waals surface area contributed by atoms with Crippen LogP contribution in [0.3, 0.4) is 0 Å². The van der Waals surface area contributed by atoms with Gasteiger partial charge in [-0.05, 0) is 33.5 Å². The van der Waals surface area contributed by atoms with E-state index in [1.807, 2.05) is 0 Å². The highest BCUT2D eigenvalue weighted by atomic mass is 35.5. The van der Waals surface area contributed by atoms with Crippen molar-refractivity contribution < 1.29 is 5.11 Å². The van der Waals surface area contributed by atoms with Crippen molar-refractivity contribution >= 4 is 12.4 Å². The van der Waals surface area contributed by atoms with E-state index < -0.39 is 0 Å². The first kappa shape index (κ1) is 14.7. The standard InChI is InChI=1S/C8H20N2O.ClH/c1-10(2)7-6-9-5-3-4-8-11;/h9,11H,3-8H2,1-2H3;1H. The zero-order valence-corrected chi connectivity index (χ0v) is 8.86. The number of nitrogens with one attached hydrogen (secondary N) is 1. The molecule has 0 aromatic heterocycles. The Morgan fingerprint density at radius 1 is 1.17 bits per heavy atom. The zero-order chi connectivity index (χ0) is 8.53. The highest BCUT2D eigenvalue weighted by Gasteiger charge is 1.89. The fourth-order valence-corrected chi connectivity index (χ4v) is 0.789. The Morgan fingerprint density at radius 2 is 1.83 bits per heavy atom. The molecule has 0 atom stereocenters. The lowest BCUT2D eigenvalue weighted by Gasteiger charge is -2.09. The monoisotopic (exact) mass is 196 g/mol. The minimum atomic E-state index is 0. The molecule has 12 heavy (non-hydrogen) atoms. The number of halogens is 1. The number of aliphatic hydroxyl groups excluding tert-OH is 1. The minimum Gasteiger partial charge on any atom is -0.396 e. The van der Waals surface area contributed by atoms with Crippen molar-refractivity contribution in [2.75, 3.05) is 40.3 Å². The molecule has 0 aromatic rings. The maximum Gasteiger partial charge on any atom is 0.0431 e. The number of nitrogens with zero attached hydrogens (tertiary/aromatic N) is 1. The molecule has 0 heterocycles. The Labute approximate surface area is 81.6 Å². The van der Waals surface area contributed by atoms with Crippen LogP contribution in [0.4, 0.5) is 0 Å². The number of aliphatic hydroxyl groups is 1. The molecule has 0 saturated carbocycles. The van der Waals surface area contributed by atoms with Gasteiger partial charge in [0.25, 0.3) is 0 Å². The molecule has 0 radical (unpaired) electrons. The van der Waals surface area contributed by atoms with Crippen LogP contribution in [-0.4, -0.2) is 50.3 Å². The molecule has 2 N–H and O–H groups in total. The van der Waals surface area contributed by atoms with Gasteiger partial charge >= 0.3 is 0 Å². The van der Waals surface area contributed by atoms with Crippen molar-refractivity contribution in [3.05, 3.63) is 0 Å². The summed E-state index contributed by atoms with van der Waals surface area (Å²) >= 11 is 0. The van der Waals surface area contributed by atoms with Crippen LogP contribution in [0.15, 0.2) is 0 Å². The number of rotatable bonds is 7. The van der Waals surface area contributed by atoms with Crippen molar-refractivity contribution in [3.63, 3.8) is 0 Å². The highest BCUT2D eigenvalue weighted by Crippen LogP contribution is 1.82. The molecule has 0 spiro atoms. The predicted molar refractivity (Wildman–Crippen MR) is 55.0 cm³/mol. The van der Waals surface area contributed by atoms with E-state index in [0.717, 1.165) is 32.5 Å². The maximum absolute atomic E-state index is 8.48. The fourth-order valence-electron chi connectivity index (χ4n) is 0.789. The number of hydrogen-bond acceptors (Lipinski definition) is 3. The summed E-state index contributed by atoms with van der Waals surface area (Å²) in [6, 6.07) is 0. The summed E-state index contributed by atoms with van der Waals surface area (Å²) in [5.74, 6) is 0. The second kappa shape index (κ2) is 11.2. The van der Waals surface area contributed by atoms with Crippen molar-refractivity contribution in [2.24, 2.45) is 0 Å². The summed E-state index contributed by atoms with van der Waals surface area (Å²) in [5, 5.41) is 11.8. The largest absolute Gasteiger partial charge is 0.396 e. The van der Waals surface area contributed by atoms with Gasteiger partial charge in [-0.25, -0.2) is 0 Å². The van der Waals surface area contributed by atoms with Gasteiger partial charge in [0.15, 0.2) is 0 Å². The van der Waals surface area contributed by atoms with E-state index in [1.54, 1.807) is 0 Å². The van der Waals surface area contributed by atoms with Crippen LogP contribution in [0.2, 0.25) is 0 Å². The summed E-state index contributed by atoms with van der Waals surface area (Å²) < 4.78 is 0. The molecule has 0 unspecified atom stereocenters. The van der Waals surface area contributed by atoms with Crippen LogP contribution >= 0.6 is 12.4 Å². The number of likely N-dealkylation sites (N-methyl/N-ethyl adjacent to an activating group) is 1. The van der Waals surface area contributed by atoms with Crippen LogP contribution in [0.5, 0.6) is 0 Å². The lowest BCUT2D eigenvalue weighted by molar-refractivity contribution is 0.283. The van der Waals surface area contributed by atoms with Gasteiger partial charge in [0.05, 0.1) is 0 Å². The Bertz CT molecular complexity index is 81.5. The first-order chi connectivity index (χ1) is 5.27. The summed E-state index contributed by atoms with van der Waals surface area (Å²) in [6.07, 6.45) is 1.99. The third kappa shape index (κ3) is 12.8. The smallest absolute Gasteiger partial charge is 0.0431 e. The van der Waals surface area contributed by atoms with E-state index in [1.165, 1.54) is 0 Å². The molecular weight excluding hydrogens is 176 g/mol. The van der Waals surface area contributed by atoms with Gasteiger partial charge in [0.1, 0.15) is 0 Å². The Morgan fingerprint density at radius 3 is 2.33 bits per heavy atom. The molecule has 0 aromatic carbocycles. The Kier molecular flexibility index (Phi) is 13.7. The van der Waals surface area contributed by atoms with Crippen LogP contribution in [0.25, 0.3) is 0 Å². The molecule has 3 nitrogen and oxygen atoms in total. The first-order valence-corrected chi connectivity index (χ1v) is 4.23. The SMILES string of the molecule is CN(C)CCNCCCCO.Cl. The van der Waals surface area contributed by atoms with Crippen LogP contribution in [0, 0.1) is 0 Å². The molecule has 76 valence electrons. The molecule has 0 fully saturated rings. The highest BCUT2D eigenvalue weighted by molar-refractivity contribution is 5.85. The van der Waals surface area contributed by atoms with E-state index in [4.69, 9.17) is 5.11 Å². The van der Waals surface area contributed by atoms with Crippen LogP contribution in [-0.2, 0) is 0 Å². The molecule has 0 saturated heterocycles. The second-order valence-electron chi connectivity index (χ2n) is 2.98. The van der Waals surface area contributed by atoms with Crippen molar-refractivity contribution in [3.8, 4) is 0 Å². The normalized spacial score (nSPS) is 10.0. The Balaban J connectivity index is 0. The van der Waals surface area contributed by atoms with E-state index in [9.17, 15) is 0 Å². The number of unbranched alkanes of at least 4 members (excludes halogenated alkanes) is 1. The van der Waals surface area contributed by atoms with Gasteiger partial charge in [-0.1, -0.05) is 0 Å². The third-order valence-corrected chi connectivity index (χ3v) is 1.50. The molecule has 0 aliphatic heterocycles. The van der Waals surface area contributed by atoms with Gasteiger partial charge in [0.2, 0.25) is 0 Å². The third-order valence-electron chi connectivity index (χ3n) is 1.50. The minimum absolute atomic E-state index is 0. The average molecular weight is 197 g/mol. The lowest BCUT2D eigenvalue weighted by Crippen LogP contribution is -2.27. The molecule has 4 heteroatoms. The maximum atomic E-state index is 8.48. The van der Waals surface area contributed by atoms with Gasteiger partial charge < -0.3 is 15.3 Å². The van der Waals surface area contributed by atoms with Crippen molar-refractivity contribution in [1.82, 2.24) is 10.2 Å². The molecule has 0 bridgehead atoms. The van der Waals surface area contributed by atoms with Crippen LogP contribution < -0.4 is 5.32 Å². The summed E-state index contributed by atoms with van der Waals surface area (Å²) in [6.45, 7) is 3.46. The van der Waals surface area contributed by atoms with Crippen LogP contribution in [0.1, 0.15) is 12.8 Å². The van der Waals surface area contributed by atoms with Crippen molar-refractivity contribution in [2.45, 2.75) is 12.8 Å². The zero-order valence-electron chi connectivity index (χ0n) is 8.05. The van der Waals surface area contributed by atoms with Crippen molar-refractivity contribution in [1.29, 1.82) is 0 Å². The Hall–Kier alpha value is 0.170. The molecule has 0 aliphatic carbocycles. The molecular formula is C8H21ClN2O. The van der Waals surface area contributed by atoms with Gasteiger partial charge in [-0.15, -0.1) is 12.4 Å². The second-order valence-corrected chi connectivity index (χ2v) is 2.98. The summed E-state index contributed by atoms with van der Waals surface area (Å²) in [7, 11) is 4.13. The van der Waals surface area contributed by atoms with Gasteiger partial charge in [-0.3, -0.25) is 0 Å². The number of hydrogen-bond donors (Lipinski definition) is 2. The lowest BCUT2D eigenvalue weighted by atomic mass is 10.3. The summed E-state index contributed by atoms with van der Waals surface area (Å²) in [5.41, 5.74) is 0. The van der Waals surface area contributed by atoms with Gasteiger partial charge in [-0.2, -0.15) is 0 Å². The predicted octanol–water partition coefficient (Wildman–Crippen LogP) is 0.332. The molecule has 0 rings (SSSR count). The van der Waals surface area contributed by atoms with E-state index in [0.29, 0.717) is 6.61 Å². The van der Waals surface area contributed by atoms with E-state index in [2.05, 4.69) is 24.3 Å². The first-order valence-electron chi connectivity index (χ1n) is 4.23. The van der Waals surface area contributed by atoms with E-state index >= 15 is 0 Å². The average Bonchev–Trinajstić information content (AvgIpc) is 1.96. The van der Waals surface area contributed by atoms with E-state index in [-0.39, 0.29) is 12.4 Å². The summed E-state index contributed by atoms with van der Waals surface area (Å²) in [4.78, 5) is 2.15.